The van der Waals surface area contributed by atoms with Crippen molar-refractivity contribution in [3.05, 3.63) is 70.8 Å². The Bertz CT molecular complexity index is 559. The lowest BCUT2D eigenvalue weighted by Gasteiger charge is -2.22. The van der Waals surface area contributed by atoms with E-state index < -0.39 is 0 Å². The molecule has 98 valence electrons. The van der Waals surface area contributed by atoms with E-state index in [-0.39, 0.29) is 0 Å². The average molecular weight is 251 g/mol. The zero-order chi connectivity index (χ0) is 13.2. The van der Waals surface area contributed by atoms with Gasteiger partial charge in [-0.1, -0.05) is 54.1 Å². The number of hydrogen-bond donors (Lipinski definition) is 0. The van der Waals surface area contributed by atoms with Gasteiger partial charge in [-0.2, -0.15) is 0 Å². The van der Waals surface area contributed by atoms with Crippen molar-refractivity contribution >= 4 is 0 Å². The molecule has 3 rings (SSSR count). The lowest BCUT2D eigenvalue weighted by molar-refractivity contribution is 0.338. The molecule has 0 radical (unpaired) electrons. The van der Waals surface area contributed by atoms with Crippen LogP contribution in [0.5, 0.6) is 0 Å². The molecule has 1 aliphatic heterocycles. The minimum Gasteiger partial charge on any atom is -0.305 e. The van der Waals surface area contributed by atoms with E-state index in [0.717, 1.165) is 19.5 Å². The SMILES string of the molecule is Cc1ccc2c(c1)CCN(C)C[C@@H]2c1ccccc1. The molecule has 1 aliphatic rings. The first kappa shape index (κ1) is 12.4. The monoisotopic (exact) mass is 251 g/mol. The minimum atomic E-state index is 0.504. The highest BCUT2D eigenvalue weighted by atomic mass is 15.1. The first-order valence-corrected chi connectivity index (χ1v) is 7.07. The predicted molar refractivity (Wildman–Crippen MR) is 80.7 cm³/mol. The van der Waals surface area contributed by atoms with Crippen molar-refractivity contribution < 1.29 is 0 Å². The van der Waals surface area contributed by atoms with Gasteiger partial charge in [0.1, 0.15) is 0 Å². The van der Waals surface area contributed by atoms with Crippen molar-refractivity contribution in [3.8, 4) is 0 Å². The standard InChI is InChI=1S/C18H21N/c1-14-8-9-17-16(12-14)10-11-19(2)13-18(17)15-6-4-3-5-7-15/h3-9,12,18H,10-11,13H2,1-2H3/t18-/m1/s1. The summed E-state index contributed by atoms with van der Waals surface area (Å²) in [5, 5.41) is 0. The van der Waals surface area contributed by atoms with Crippen LogP contribution in [0.2, 0.25) is 0 Å². The topological polar surface area (TPSA) is 3.24 Å². The van der Waals surface area contributed by atoms with E-state index in [9.17, 15) is 0 Å². The molecule has 0 saturated heterocycles. The minimum absolute atomic E-state index is 0.504. The van der Waals surface area contributed by atoms with E-state index in [4.69, 9.17) is 0 Å². The van der Waals surface area contributed by atoms with E-state index in [0.29, 0.717) is 5.92 Å². The van der Waals surface area contributed by atoms with Gasteiger partial charge >= 0.3 is 0 Å². The molecule has 0 unspecified atom stereocenters. The zero-order valence-electron chi connectivity index (χ0n) is 11.8. The molecule has 0 N–H and O–H groups in total. The van der Waals surface area contributed by atoms with Gasteiger partial charge in [0.15, 0.2) is 0 Å². The average Bonchev–Trinajstić information content (AvgIpc) is 2.59. The van der Waals surface area contributed by atoms with E-state index in [1.807, 2.05) is 0 Å². The second-order valence-corrected chi connectivity index (χ2v) is 5.68. The van der Waals surface area contributed by atoms with E-state index in [1.165, 1.54) is 22.3 Å². The summed E-state index contributed by atoms with van der Waals surface area (Å²) >= 11 is 0. The molecule has 1 atom stereocenters. The fourth-order valence-electron chi connectivity index (χ4n) is 3.07. The van der Waals surface area contributed by atoms with Crippen LogP contribution in [0.4, 0.5) is 0 Å². The molecular formula is C18H21N. The Kier molecular flexibility index (Phi) is 3.39. The summed E-state index contributed by atoms with van der Waals surface area (Å²) < 4.78 is 0. The Labute approximate surface area is 115 Å². The molecule has 0 aromatic heterocycles. The number of likely N-dealkylation sites (N-methyl/N-ethyl adjacent to an activating group) is 1. The fourth-order valence-corrected chi connectivity index (χ4v) is 3.07. The molecule has 19 heavy (non-hydrogen) atoms. The highest BCUT2D eigenvalue weighted by Crippen LogP contribution is 2.31. The Morgan fingerprint density at radius 3 is 2.63 bits per heavy atom. The lowest BCUT2D eigenvalue weighted by Crippen LogP contribution is -2.24. The highest BCUT2D eigenvalue weighted by Gasteiger charge is 2.22. The third kappa shape index (κ3) is 2.57. The summed E-state index contributed by atoms with van der Waals surface area (Å²) in [6, 6.07) is 17.9. The van der Waals surface area contributed by atoms with Crippen molar-refractivity contribution in [1.82, 2.24) is 4.90 Å². The molecule has 0 bridgehead atoms. The molecular weight excluding hydrogens is 230 g/mol. The van der Waals surface area contributed by atoms with Gasteiger partial charge in [-0.25, -0.2) is 0 Å². The Balaban J connectivity index is 2.08. The zero-order valence-corrected chi connectivity index (χ0v) is 11.8. The van der Waals surface area contributed by atoms with Gasteiger partial charge in [0.2, 0.25) is 0 Å². The van der Waals surface area contributed by atoms with Gasteiger partial charge in [-0.15, -0.1) is 0 Å². The Morgan fingerprint density at radius 2 is 1.84 bits per heavy atom. The number of nitrogens with zero attached hydrogens (tertiary/aromatic N) is 1. The van der Waals surface area contributed by atoms with Crippen LogP contribution in [0.25, 0.3) is 0 Å². The second-order valence-electron chi connectivity index (χ2n) is 5.68. The molecule has 2 aromatic carbocycles. The van der Waals surface area contributed by atoms with Crippen molar-refractivity contribution in [2.45, 2.75) is 19.3 Å². The van der Waals surface area contributed by atoms with Gasteiger partial charge in [-0.3, -0.25) is 0 Å². The highest BCUT2D eigenvalue weighted by molar-refractivity contribution is 5.41. The van der Waals surface area contributed by atoms with E-state index in [2.05, 4.69) is 67.4 Å². The number of rotatable bonds is 1. The van der Waals surface area contributed by atoms with Gasteiger partial charge in [0, 0.05) is 19.0 Å². The predicted octanol–water partition coefficient (Wildman–Crippen LogP) is 3.61. The van der Waals surface area contributed by atoms with Crippen molar-refractivity contribution in [3.63, 3.8) is 0 Å². The molecule has 0 aliphatic carbocycles. The van der Waals surface area contributed by atoms with Crippen LogP contribution in [0.15, 0.2) is 48.5 Å². The second kappa shape index (κ2) is 5.18. The number of benzene rings is 2. The van der Waals surface area contributed by atoms with Crippen LogP contribution in [0.1, 0.15) is 28.2 Å². The number of fused-ring (bicyclic) bond motifs is 1. The van der Waals surface area contributed by atoms with Gasteiger partial charge in [0.25, 0.3) is 0 Å². The number of aryl methyl sites for hydroxylation is 1. The molecule has 1 heteroatoms. The normalized spacial score (nSPS) is 19.8. The van der Waals surface area contributed by atoms with Crippen LogP contribution >= 0.6 is 0 Å². The van der Waals surface area contributed by atoms with Gasteiger partial charge in [0.05, 0.1) is 0 Å². The summed E-state index contributed by atoms with van der Waals surface area (Å²) in [7, 11) is 2.23. The maximum absolute atomic E-state index is 2.45. The summed E-state index contributed by atoms with van der Waals surface area (Å²) in [5.74, 6) is 0.504. The largest absolute Gasteiger partial charge is 0.305 e. The first-order chi connectivity index (χ1) is 9.24. The van der Waals surface area contributed by atoms with Crippen LogP contribution in [-0.4, -0.2) is 25.0 Å². The fraction of sp³-hybridized carbons (Fsp3) is 0.333. The molecule has 0 spiro atoms. The third-order valence-electron chi connectivity index (χ3n) is 4.13. The molecule has 1 nitrogen and oxygen atoms in total. The van der Waals surface area contributed by atoms with Crippen LogP contribution in [-0.2, 0) is 6.42 Å². The molecule has 1 heterocycles. The summed E-state index contributed by atoms with van der Waals surface area (Å²) in [4.78, 5) is 2.45. The van der Waals surface area contributed by atoms with Gasteiger partial charge in [-0.05, 0) is 37.1 Å². The number of hydrogen-bond acceptors (Lipinski definition) is 1. The molecule has 0 saturated carbocycles. The maximum Gasteiger partial charge on any atom is 0.0219 e. The molecule has 0 fully saturated rings. The maximum atomic E-state index is 2.45. The van der Waals surface area contributed by atoms with Crippen molar-refractivity contribution in [2.75, 3.05) is 20.1 Å². The van der Waals surface area contributed by atoms with Crippen LogP contribution in [0, 0.1) is 6.92 Å². The third-order valence-corrected chi connectivity index (χ3v) is 4.13. The lowest BCUT2D eigenvalue weighted by atomic mass is 9.87. The summed E-state index contributed by atoms with van der Waals surface area (Å²) in [5.41, 5.74) is 5.84. The Morgan fingerprint density at radius 1 is 1.05 bits per heavy atom. The molecule has 2 aromatic rings. The smallest absolute Gasteiger partial charge is 0.0219 e. The summed E-state index contributed by atoms with van der Waals surface area (Å²) in [6.07, 6.45) is 1.16. The van der Waals surface area contributed by atoms with Crippen molar-refractivity contribution in [2.24, 2.45) is 0 Å². The van der Waals surface area contributed by atoms with E-state index >= 15 is 0 Å². The Hall–Kier alpha value is -1.60. The van der Waals surface area contributed by atoms with Crippen molar-refractivity contribution in [1.29, 1.82) is 0 Å². The summed E-state index contributed by atoms with van der Waals surface area (Å²) in [6.45, 7) is 4.45. The van der Waals surface area contributed by atoms with Crippen LogP contribution < -0.4 is 0 Å². The van der Waals surface area contributed by atoms with E-state index in [1.54, 1.807) is 0 Å². The van der Waals surface area contributed by atoms with Crippen LogP contribution in [0.3, 0.4) is 0 Å². The quantitative estimate of drug-likeness (QED) is 0.748. The van der Waals surface area contributed by atoms with Gasteiger partial charge < -0.3 is 4.90 Å². The first-order valence-electron chi connectivity index (χ1n) is 7.07. The molecule has 0 amide bonds.